The highest BCUT2D eigenvalue weighted by Gasteiger charge is 2.38. The molecule has 13 heteroatoms. The summed E-state index contributed by atoms with van der Waals surface area (Å²) >= 11 is 3.57. The lowest BCUT2D eigenvalue weighted by atomic mass is 9.86. The number of unbranched alkanes of at least 4 members (excludes halogenated alkanes) is 3. The van der Waals surface area contributed by atoms with Crippen LogP contribution in [-0.4, -0.2) is 71.9 Å². The molecule has 0 spiro atoms. The molecule has 2 aliphatic heterocycles. The van der Waals surface area contributed by atoms with Gasteiger partial charge < -0.3 is 29.8 Å². The maximum atomic E-state index is 11.9. The number of aliphatic hydroxyl groups is 2. The lowest BCUT2D eigenvalue weighted by molar-refractivity contribution is -0.0457. The molecule has 5 heterocycles. The van der Waals surface area contributed by atoms with Gasteiger partial charge in [0, 0.05) is 40.7 Å². The van der Waals surface area contributed by atoms with E-state index < -0.39 is 18.4 Å². The normalized spacial score (nSPS) is 24.5. The number of nitrogen functional groups attached to an aromatic ring is 1. The molecular formula is C31H39N5O6S2. The Labute approximate surface area is 263 Å². The summed E-state index contributed by atoms with van der Waals surface area (Å²) in [4.78, 5) is 25.1. The molecule has 4 N–H and O–H groups in total. The largest absolute Gasteiger partial charge is 0.490 e. The van der Waals surface area contributed by atoms with Crippen LogP contribution in [0, 0.1) is 12.8 Å². The molecule has 0 amide bonds. The Morgan fingerprint density at radius 2 is 1.93 bits per heavy atom. The van der Waals surface area contributed by atoms with E-state index in [-0.39, 0.29) is 24.3 Å². The average Bonchev–Trinajstić information content (AvgIpc) is 3.65. The number of nitrogens with zero attached hydrogens (tertiary/aromatic N) is 4. The van der Waals surface area contributed by atoms with Crippen molar-refractivity contribution in [3.8, 4) is 0 Å². The minimum Gasteiger partial charge on any atom is -0.490 e. The molecule has 44 heavy (non-hydrogen) atoms. The Morgan fingerprint density at radius 3 is 2.70 bits per heavy atom. The van der Waals surface area contributed by atoms with E-state index in [1.165, 1.54) is 11.9 Å². The fourth-order valence-corrected chi connectivity index (χ4v) is 8.44. The highest BCUT2D eigenvalue weighted by Crippen LogP contribution is 2.39. The van der Waals surface area contributed by atoms with E-state index in [9.17, 15) is 15.0 Å². The van der Waals surface area contributed by atoms with Gasteiger partial charge in [0.05, 0.1) is 18.5 Å². The topological polar surface area (TPSA) is 159 Å². The number of fused-ring (bicyclic) bond motifs is 3. The van der Waals surface area contributed by atoms with Gasteiger partial charge in [-0.3, -0.25) is 4.57 Å². The van der Waals surface area contributed by atoms with E-state index >= 15 is 0 Å². The monoisotopic (exact) mass is 641 g/mol. The summed E-state index contributed by atoms with van der Waals surface area (Å²) in [5.41, 5.74) is 10.8. The molecular weight excluding hydrogens is 603 g/mol. The maximum absolute atomic E-state index is 11.9. The third kappa shape index (κ3) is 6.04. The highest BCUT2D eigenvalue weighted by molar-refractivity contribution is 7.99. The van der Waals surface area contributed by atoms with Gasteiger partial charge in [0.25, 0.3) is 0 Å². The second-order valence-corrected chi connectivity index (χ2v) is 13.8. The highest BCUT2D eigenvalue weighted by atomic mass is 32.2. The summed E-state index contributed by atoms with van der Waals surface area (Å²) in [6.07, 6.45) is 6.42. The molecule has 1 saturated heterocycles. The number of rotatable bonds is 12. The maximum Gasteiger partial charge on any atom is 0.336 e. The minimum atomic E-state index is -0.756. The number of aromatic nitrogens is 4. The summed E-state index contributed by atoms with van der Waals surface area (Å²) in [6.45, 7) is 5.76. The Morgan fingerprint density at radius 1 is 1.14 bits per heavy atom. The SMILES string of the molecule is CC1=C(CSCCCCCCSc2nc3c(N)ncnc3n2C2CC(O)C(CO)O2)C2C=c3c(C)cc(=O)oc3=C(C)C2O1. The zero-order valence-corrected chi connectivity index (χ0v) is 26.8. The van der Waals surface area contributed by atoms with Crippen molar-refractivity contribution in [3.63, 3.8) is 0 Å². The fraction of sp³-hybridized carbons (Fsp3) is 0.548. The molecule has 0 aromatic carbocycles. The number of ether oxygens (including phenoxy) is 2. The molecule has 1 aliphatic carbocycles. The molecule has 6 rings (SSSR count). The Balaban J connectivity index is 0.973. The van der Waals surface area contributed by atoms with Gasteiger partial charge in [-0.25, -0.2) is 19.7 Å². The lowest BCUT2D eigenvalue weighted by Gasteiger charge is -2.22. The van der Waals surface area contributed by atoms with Crippen molar-refractivity contribution in [2.24, 2.45) is 5.92 Å². The van der Waals surface area contributed by atoms with E-state index in [1.54, 1.807) is 17.8 Å². The zero-order chi connectivity index (χ0) is 31.0. The first-order valence-electron chi connectivity index (χ1n) is 15.1. The van der Waals surface area contributed by atoms with Crippen molar-refractivity contribution in [3.05, 3.63) is 50.3 Å². The van der Waals surface area contributed by atoms with Crippen LogP contribution in [-0.2, 0) is 9.47 Å². The Kier molecular flexibility index (Phi) is 9.39. The summed E-state index contributed by atoms with van der Waals surface area (Å²) in [5.74, 6) is 4.35. The molecule has 0 bridgehead atoms. The number of allylic oxidation sites excluding steroid dienone is 1. The van der Waals surface area contributed by atoms with E-state index in [1.807, 2.05) is 37.1 Å². The van der Waals surface area contributed by atoms with Gasteiger partial charge in [-0.1, -0.05) is 30.7 Å². The molecule has 3 aromatic rings. The number of thioether (sulfide) groups is 2. The second-order valence-electron chi connectivity index (χ2n) is 11.6. The molecule has 1 fully saturated rings. The molecule has 0 radical (unpaired) electrons. The Hall–Kier alpha value is -2.84. The number of nitrogens with two attached hydrogens (primary N) is 1. The molecule has 5 unspecified atom stereocenters. The van der Waals surface area contributed by atoms with Crippen LogP contribution in [0.4, 0.5) is 5.82 Å². The standard InChI is InChI=1S/C31H39N5O6S2/c1-16-10-25(39)42-27-17(2)28-20(11-19(16)27)21(18(3)40-28)14-43-8-6-4-5-7-9-44-31-35-26-29(32)33-15-34-30(26)36(31)24-12-22(38)23(13-37)41-24/h10-11,15,20,22-24,28,37-38H,4-9,12-14H2,1-3H3,(H2,32,33,34). The number of aliphatic hydroxyl groups excluding tert-OH is 2. The van der Waals surface area contributed by atoms with Crippen LogP contribution in [0.1, 0.15) is 57.7 Å². The van der Waals surface area contributed by atoms with Crippen molar-refractivity contribution in [1.82, 2.24) is 19.5 Å². The van der Waals surface area contributed by atoms with Gasteiger partial charge in [-0.15, -0.1) is 0 Å². The van der Waals surface area contributed by atoms with Gasteiger partial charge in [-0.05, 0) is 50.5 Å². The quantitative estimate of drug-likeness (QED) is 0.196. The first-order valence-corrected chi connectivity index (χ1v) is 17.2. The number of aryl methyl sites for hydroxylation is 1. The van der Waals surface area contributed by atoms with Crippen LogP contribution in [0.5, 0.6) is 0 Å². The molecule has 3 aromatic heterocycles. The van der Waals surface area contributed by atoms with Crippen LogP contribution < -0.4 is 22.0 Å². The predicted octanol–water partition coefficient (Wildman–Crippen LogP) is 2.65. The van der Waals surface area contributed by atoms with Gasteiger partial charge in [0.2, 0.25) is 0 Å². The Bertz CT molecular complexity index is 1750. The van der Waals surface area contributed by atoms with Crippen molar-refractivity contribution >= 4 is 52.2 Å². The van der Waals surface area contributed by atoms with Gasteiger partial charge in [-0.2, -0.15) is 11.8 Å². The zero-order valence-electron chi connectivity index (χ0n) is 25.2. The number of hydrogen-bond donors (Lipinski definition) is 3. The van der Waals surface area contributed by atoms with Crippen LogP contribution in [0.3, 0.4) is 0 Å². The van der Waals surface area contributed by atoms with Crippen molar-refractivity contribution in [2.45, 2.75) is 82.6 Å². The van der Waals surface area contributed by atoms with E-state index in [0.29, 0.717) is 28.8 Å². The smallest absolute Gasteiger partial charge is 0.336 e. The first kappa shape index (κ1) is 31.2. The van der Waals surface area contributed by atoms with Crippen LogP contribution in [0.2, 0.25) is 0 Å². The molecule has 236 valence electrons. The number of imidazole rings is 1. The van der Waals surface area contributed by atoms with Gasteiger partial charge >= 0.3 is 5.63 Å². The third-order valence-electron chi connectivity index (χ3n) is 8.64. The van der Waals surface area contributed by atoms with Gasteiger partial charge in [0.1, 0.15) is 30.2 Å². The predicted molar refractivity (Wildman–Crippen MR) is 171 cm³/mol. The molecule has 11 nitrogen and oxygen atoms in total. The fourth-order valence-electron chi connectivity index (χ4n) is 6.24. The van der Waals surface area contributed by atoms with E-state index in [4.69, 9.17) is 24.6 Å². The third-order valence-corrected chi connectivity index (χ3v) is 10.8. The molecule has 5 atom stereocenters. The number of anilines is 1. The van der Waals surface area contributed by atoms with E-state index in [2.05, 4.69) is 16.0 Å². The van der Waals surface area contributed by atoms with E-state index in [0.717, 1.165) is 70.2 Å². The summed E-state index contributed by atoms with van der Waals surface area (Å²) in [5, 5.41) is 21.6. The van der Waals surface area contributed by atoms with Crippen molar-refractivity contribution < 1.29 is 24.1 Å². The molecule has 3 aliphatic rings. The number of hydrogen-bond acceptors (Lipinski definition) is 12. The summed E-state index contributed by atoms with van der Waals surface area (Å²) in [6, 6.07) is 1.56. The minimum absolute atomic E-state index is 0.0985. The van der Waals surface area contributed by atoms with Gasteiger partial charge in [0.15, 0.2) is 22.1 Å². The average molecular weight is 642 g/mol. The van der Waals surface area contributed by atoms with Crippen LogP contribution >= 0.6 is 23.5 Å². The van der Waals surface area contributed by atoms with Crippen molar-refractivity contribution in [2.75, 3.05) is 29.6 Å². The summed E-state index contributed by atoms with van der Waals surface area (Å²) < 4.78 is 19.6. The van der Waals surface area contributed by atoms with Crippen molar-refractivity contribution in [1.29, 1.82) is 0 Å². The molecule has 0 saturated carbocycles. The lowest BCUT2D eigenvalue weighted by Crippen LogP contribution is -2.41. The first-order chi connectivity index (χ1) is 21.3. The van der Waals surface area contributed by atoms with Crippen LogP contribution in [0.15, 0.2) is 38.1 Å². The second kappa shape index (κ2) is 13.3. The van der Waals surface area contributed by atoms with Crippen LogP contribution in [0.25, 0.3) is 22.8 Å². The summed E-state index contributed by atoms with van der Waals surface area (Å²) in [7, 11) is 0.